The molecule has 4 N–H and O–H groups in total. The molecule has 12 nitrogen and oxygen atoms in total. The third-order valence-corrected chi connectivity index (χ3v) is 12.7. The number of nitrogens with zero attached hydrogens (tertiary/aromatic N) is 4. The minimum atomic E-state index is -4.82. The molecule has 59 heavy (non-hydrogen) atoms. The molecular formula is C43H47ClF3N7O5. The quantitative estimate of drug-likeness (QED) is 0.107. The molecule has 312 valence electrons. The van der Waals surface area contributed by atoms with Crippen molar-refractivity contribution in [2.24, 2.45) is 11.8 Å². The van der Waals surface area contributed by atoms with Crippen molar-refractivity contribution in [2.45, 2.75) is 88.8 Å². The van der Waals surface area contributed by atoms with Crippen LogP contribution in [0.15, 0.2) is 48.5 Å². The van der Waals surface area contributed by atoms with Crippen LogP contribution in [0, 0.1) is 11.8 Å². The molecule has 3 unspecified atom stereocenters. The highest BCUT2D eigenvalue weighted by molar-refractivity contribution is 6.36. The van der Waals surface area contributed by atoms with Gasteiger partial charge in [0.1, 0.15) is 5.69 Å². The normalized spacial score (nSPS) is 22.8. The Balaban J connectivity index is 1.03. The number of halogens is 4. The maximum absolute atomic E-state index is 14.8. The molecule has 16 heteroatoms. The van der Waals surface area contributed by atoms with Crippen molar-refractivity contribution >= 4 is 29.3 Å². The molecule has 0 spiro atoms. The monoisotopic (exact) mass is 833 g/mol. The van der Waals surface area contributed by atoms with E-state index in [1.807, 2.05) is 53.4 Å². The number of amides is 1. The number of carbonyl (C=O) groups is 2. The van der Waals surface area contributed by atoms with Gasteiger partial charge < -0.3 is 30.5 Å². The number of benzene rings is 2. The largest absolute Gasteiger partial charge is 0.481 e. The van der Waals surface area contributed by atoms with E-state index in [0.717, 1.165) is 53.5 Å². The third-order valence-electron chi connectivity index (χ3n) is 12.3. The summed E-state index contributed by atoms with van der Waals surface area (Å²) in [4.78, 5) is 38.9. The van der Waals surface area contributed by atoms with Gasteiger partial charge in [-0.05, 0) is 67.2 Å². The first kappa shape index (κ1) is 40.8. The highest BCUT2D eigenvalue weighted by Gasteiger charge is 2.43. The van der Waals surface area contributed by atoms with E-state index < -0.39 is 35.6 Å². The Morgan fingerprint density at radius 3 is 2.49 bits per heavy atom. The summed E-state index contributed by atoms with van der Waals surface area (Å²) in [7, 11) is 2.91. The van der Waals surface area contributed by atoms with Crippen LogP contribution in [0.3, 0.4) is 0 Å². The SMILES string of the molecule is COc1nc(-c2cccc(-c3cccc4c3CC[C@@H]4Nc3nc(OC)c(CN4CC(C(=O)O)C5CCCC4C5)nc3C(F)(F)F)c2Cl)ccc1CNC[C@@H]1CCC(=O)N1. The van der Waals surface area contributed by atoms with Crippen LogP contribution in [-0.2, 0) is 35.3 Å². The van der Waals surface area contributed by atoms with Crippen LogP contribution in [0.4, 0.5) is 19.0 Å². The van der Waals surface area contributed by atoms with Crippen molar-refractivity contribution in [3.05, 3.63) is 81.6 Å². The first-order valence-electron chi connectivity index (χ1n) is 20.1. The van der Waals surface area contributed by atoms with Crippen molar-refractivity contribution in [1.29, 1.82) is 0 Å². The van der Waals surface area contributed by atoms with Crippen LogP contribution in [-0.4, -0.2) is 76.2 Å². The van der Waals surface area contributed by atoms with Crippen molar-refractivity contribution in [2.75, 3.05) is 32.6 Å². The van der Waals surface area contributed by atoms with Crippen LogP contribution < -0.4 is 25.4 Å². The number of anilines is 1. The van der Waals surface area contributed by atoms with Crippen molar-refractivity contribution in [1.82, 2.24) is 30.5 Å². The summed E-state index contributed by atoms with van der Waals surface area (Å²) in [5, 5.41) is 19.8. The van der Waals surface area contributed by atoms with Gasteiger partial charge in [-0.15, -0.1) is 0 Å². The molecule has 1 saturated carbocycles. The molecule has 2 aliphatic carbocycles. The van der Waals surface area contributed by atoms with Gasteiger partial charge in [-0.2, -0.15) is 18.2 Å². The number of aromatic nitrogens is 3. The molecule has 4 heterocycles. The van der Waals surface area contributed by atoms with Gasteiger partial charge in [-0.1, -0.05) is 60.5 Å². The number of carboxylic acids is 1. The number of pyridine rings is 1. The Kier molecular flexibility index (Phi) is 11.7. The Morgan fingerprint density at radius 1 is 0.966 bits per heavy atom. The van der Waals surface area contributed by atoms with Gasteiger partial charge in [0, 0.05) is 61.4 Å². The predicted molar refractivity (Wildman–Crippen MR) is 215 cm³/mol. The zero-order chi connectivity index (χ0) is 41.4. The minimum absolute atomic E-state index is 0.00214. The number of fused-ring (bicyclic) bond motifs is 3. The van der Waals surface area contributed by atoms with Crippen LogP contribution >= 0.6 is 11.6 Å². The summed E-state index contributed by atoms with van der Waals surface area (Å²) in [5.41, 5.74) is 4.48. The molecule has 5 atom stereocenters. The fraction of sp³-hybridized carbons (Fsp3) is 0.465. The molecule has 2 saturated heterocycles. The lowest BCUT2D eigenvalue weighted by molar-refractivity contribution is -0.148. The van der Waals surface area contributed by atoms with Crippen molar-refractivity contribution in [3.63, 3.8) is 0 Å². The van der Waals surface area contributed by atoms with E-state index in [4.69, 9.17) is 26.1 Å². The highest BCUT2D eigenvalue weighted by atomic mass is 35.5. The zero-order valence-corrected chi connectivity index (χ0v) is 33.6. The van der Waals surface area contributed by atoms with Gasteiger partial charge in [-0.3, -0.25) is 14.5 Å². The maximum atomic E-state index is 14.8. The van der Waals surface area contributed by atoms with Crippen molar-refractivity contribution < 1.29 is 37.3 Å². The summed E-state index contributed by atoms with van der Waals surface area (Å²) in [6, 6.07) is 14.9. The number of nitrogens with one attached hydrogen (secondary N) is 3. The molecule has 4 aromatic rings. The molecule has 8 rings (SSSR count). The molecule has 0 radical (unpaired) electrons. The standard InChI is InChI=1S/C43H47ClF3N7O5/c1-58-40-24(19-48-20-25-13-17-36(55)49-25)12-15-34(52-40)31-11-5-10-30(37(31)44)27-8-4-9-29-28(27)14-16-33(29)51-39-38(43(45,46)47)50-35(41(53-39)59-2)22-54-21-32(42(56)57)23-6-3-7-26(54)18-23/h4-5,8-12,15,23,25-26,32-33,48H,3,6-7,13-14,16-22H2,1-2H3,(H,49,55)(H,51,53)(H,56,57)/t23?,25-,26?,32?,33-/m0/s1. The van der Waals surface area contributed by atoms with E-state index >= 15 is 0 Å². The minimum Gasteiger partial charge on any atom is -0.481 e. The topological polar surface area (TPSA) is 151 Å². The van der Waals surface area contributed by atoms with Gasteiger partial charge in [0.05, 0.1) is 36.9 Å². The molecule has 4 aliphatic rings. The van der Waals surface area contributed by atoms with Crippen LogP contribution in [0.2, 0.25) is 5.02 Å². The number of rotatable bonds is 13. The van der Waals surface area contributed by atoms with Crippen molar-refractivity contribution in [3.8, 4) is 34.1 Å². The Morgan fingerprint density at radius 2 is 1.75 bits per heavy atom. The average Bonchev–Trinajstić information content (AvgIpc) is 3.84. The molecule has 2 bridgehead atoms. The number of likely N-dealkylation sites (tertiary alicyclic amines) is 1. The van der Waals surface area contributed by atoms with Gasteiger partial charge in [0.25, 0.3) is 0 Å². The molecular weight excluding hydrogens is 787 g/mol. The van der Waals surface area contributed by atoms with E-state index in [1.165, 1.54) is 7.11 Å². The second-order valence-electron chi connectivity index (χ2n) is 15.9. The number of aliphatic carboxylic acids is 1. The van der Waals surface area contributed by atoms with E-state index in [0.29, 0.717) is 60.9 Å². The lowest BCUT2D eigenvalue weighted by Gasteiger charge is -2.46. The van der Waals surface area contributed by atoms with E-state index in [-0.39, 0.29) is 48.6 Å². The molecule has 3 fully saturated rings. The fourth-order valence-electron chi connectivity index (χ4n) is 9.44. The number of hydrogen-bond acceptors (Lipinski definition) is 10. The molecule has 2 aliphatic heterocycles. The third kappa shape index (κ3) is 8.42. The average molecular weight is 834 g/mol. The number of carboxylic acid groups (broad SMARTS) is 1. The molecule has 1 amide bonds. The van der Waals surface area contributed by atoms with Gasteiger partial charge in [0.2, 0.25) is 17.7 Å². The summed E-state index contributed by atoms with van der Waals surface area (Å²) in [6.45, 7) is 1.38. The Bertz CT molecular complexity index is 2240. The number of carbonyl (C=O) groups excluding carboxylic acids is 1. The Hall–Kier alpha value is -4.99. The van der Waals surface area contributed by atoms with Gasteiger partial charge >= 0.3 is 12.1 Å². The van der Waals surface area contributed by atoms with Crippen LogP contribution in [0.25, 0.3) is 22.4 Å². The van der Waals surface area contributed by atoms with Gasteiger partial charge in [0.15, 0.2) is 11.5 Å². The summed E-state index contributed by atoms with van der Waals surface area (Å²) < 4.78 is 55.5. The number of piperidine rings is 1. The number of alkyl halides is 3. The predicted octanol–water partition coefficient (Wildman–Crippen LogP) is 7.44. The number of methoxy groups -OCH3 is 2. The number of hydrogen-bond donors (Lipinski definition) is 4. The van der Waals surface area contributed by atoms with E-state index in [1.54, 1.807) is 7.11 Å². The lowest BCUT2D eigenvalue weighted by Crippen LogP contribution is -2.51. The van der Waals surface area contributed by atoms with Crippen LogP contribution in [0.5, 0.6) is 11.8 Å². The smallest absolute Gasteiger partial charge is 0.437 e. The second kappa shape index (κ2) is 16.9. The first-order chi connectivity index (χ1) is 28.4. The summed E-state index contributed by atoms with van der Waals surface area (Å²) in [6.07, 6.45) is 0.861. The number of ether oxygens (including phenoxy) is 2. The molecule has 2 aromatic heterocycles. The van der Waals surface area contributed by atoms with E-state index in [2.05, 4.69) is 25.9 Å². The zero-order valence-electron chi connectivity index (χ0n) is 32.9. The van der Waals surface area contributed by atoms with E-state index in [9.17, 15) is 27.9 Å². The maximum Gasteiger partial charge on any atom is 0.437 e. The van der Waals surface area contributed by atoms with Gasteiger partial charge in [-0.25, -0.2) is 9.97 Å². The van der Waals surface area contributed by atoms with Crippen LogP contribution in [0.1, 0.15) is 79.1 Å². The second-order valence-corrected chi connectivity index (χ2v) is 16.3. The first-order valence-corrected chi connectivity index (χ1v) is 20.5. The Labute approximate surface area is 345 Å². The fourth-order valence-corrected chi connectivity index (χ4v) is 9.76. The lowest BCUT2D eigenvalue weighted by atomic mass is 9.73. The highest BCUT2D eigenvalue weighted by Crippen LogP contribution is 2.45. The summed E-state index contributed by atoms with van der Waals surface area (Å²) >= 11 is 7.16. The molecule has 2 aromatic carbocycles. The summed E-state index contributed by atoms with van der Waals surface area (Å²) in [5.74, 6) is -1.34.